The predicted molar refractivity (Wildman–Crippen MR) is 118 cm³/mol. The van der Waals surface area contributed by atoms with Gasteiger partial charge in [-0.05, 0) is 35.4 Å². The highest BCUT2D eigenvalue weighted by molar-refractivity contribution is 7.14. The van der Waals surface area contributed by atoms with Crippen LogP contribution < -0.4 is 10.6 Å². The predicted octanol–water partition coefficient (Wildman–Crippen LogP) is 4.24. The van der Waals surface area contributed by atoms with E-state index in [9.17, 15) is 9.59 Å². The number of benzene rings is 2. The van der Waals surface area contributed by atoms with Gasteiger partial charge in [0.1, 0.15) is 0 Å². The van der Waals surface area contributed by atoms with E-state index in [1.807, 2.05) is 60.0 Å². The van der Waals surface area contributed by atoms with E-state index >= 15 is 0 Å². The first-order valence-electron chi connectivity index (χ1n) is 9.28. The lowest BCUT2D eigenvalue weighted by Crippen LogP contribution is -2.32. The van der Waals surface area contributed by atoms with Crippen molar-refractivity contribution in [3.05, 3.63) is 90.1 Å². The Kier molecular flexibility index (Phi) is 5.91. The summed E-state index contributed by atoms with van der Waals surface area (Å²) in [5.74, 6) is -0.642. The summed E-state index contributed by atoms with van der Waals surface area (Å²) in [6.45, 7) is -0.138. The summed E-state index contributed by atoms with van der Waals surface area (Å²) in [4.78, 5) is 32.9. The van der Waals surface area contributed by atoms with E-state index in [-0.39, 0.29) is 18.4 Å². The lowest BCUT2D eigenvalue weighted by Gasteiger charge is -2.06. The highest BCUT2D eigenvalue weighted by Gasteiger charge is 2.11. The summed E-state index contributed by atoms with van der Waals surface area (Å²) in [7, 11) is 0. The van der Waals surface area contributed by atoms with Crippen LogP contribution in [0.15, 0.2) is 84.5 Å². The second-order valence-corrected chi connectivity index (χ2v) is 7.31. The number of thiazole rings is 1. The number of nitrogens with zero attached hydrogens (tertiary/aromatic N) is 2. The molecule has 2 aromatic heterocycles. The normalized spacial score (nSPS) is 10.4. The SMILES string of the molecule is O=C(CNC(=O)c1ccc(-c2ccccc2)cc1)Nc1nc(-c2cccnc2)cs1. The molecule has 2 amide bonds. The minimum absolute atomic E-state index is 0.138. The van der Waals surface area contributed by atoms with Gasteiger partial charge in [0.2, 0.25) is 5.91 Å². The van der Waals surface area contributed by atoms with Crippen molar-refractivity contribution >= 4 is 28.3 Å². The molecular weight excluding hydrogens is 396 g/mol. The van der Waals surface area contributed by atoms with E-state index in [2.05, 4.69) is 20.6 Å². The second-order valence-electron chi connectivity index (χ2n) is 6.45. The molecule has 30 heavy (non-hydrogen) atoms. The molecule has 2 aromatic carbocycles. The van der Waals surface area contributed by atoms with Crippen molar-refractivity contribution in [1.82, 2.24) is 15.3 Å². The molecule has 0 unspecified atom stereocenters. The van der Waals surface area contributed by atoms with Crippen molar-refractivity contribution in [3.8, 4) is 22.4 Å². The van der Waals surface area contributed by atoms with E-state index in [0.29, 0.717) is 10.7 Å². The highest BCUT2D eigenvalue weighted by atomic mass is 32.1. The quantitative estimate of drug-likeness (QED) is 0.494. The number of nitrogens with one attached hydrogen (secondary N) is 2. The van der Waals surface area contributed by atoms with E-state index in [1.165, 1.54) is 11.3 Å². The first-order chi connectivity index (χ1) is 14.7. The summed E-state index contributed by atoms with van der Waals surface area (Å²) in [6, 6.07) is 20.9. The minimum atomic E-state index is -0.337. The van der Waals surface area contributed by atoms with Crippen LogP contribution in [0.25, 0.3) is 22.4 Å². The summed E-state index contributed by atoms with van der Waals surface area (Å²) in [5.41, 5.74) is 4.22. The maximum absolute atomic E-state index is 12.3. The third-order valence-corrected chi connectivity index (χ3v) is 5.13. The first-order valence-corrected chi connectivity index (χ1v) is 10.2. The van der Waals surface area contributed by atoms with Crippen LogP contribution in [0.4, 0.5) is 5.13 Å². The molecule has 0 atom stereocenters. The fraction of sp³-hybridized carbons (Fsp3) is 0.0435. The number of hydrogen-bond acceptors (Lipinski definition) is 5. The smallest absolute Gasteiger partial charge is 0.251 e. The van der Waals surface area contributed by atoms with Gasteiger partial charge in [0, 0.05) is 28.9 Å². The molecule has 2 heterocycles. The lowest BCUT2D eigenvalue weighted by molar-refractivity contribution is -0.115. The Hall–Kier alpha value is -3.84. The van der Waals surface area contributed by atoms with Crippen LogP contribution in [-0.2, 0) is 4.79 Å². The monoisotopic (exact) mass is 414 g/mol. The molecule has 6 nitrogen and oxygen atoms in total. The Labute approximate surface area is 177 Å². The Morgan fingerprint density at radius 2 is 1.60 bits per heavy atom. The first kappa shape index (κ1) is 19.5. The second kappa shape index (κ2) is 9.11. The molecule has 148 valence electrons. The largest absolute Gasteiger partial charge is 0.343 e. The molecule has 0 aliphatic heterocycles. The van der Waals surface area contributed by atoms with E-state index < -0.39 is 0 Å². The molecule has 0 radical (unpaired) electrons. The van der Waals surface area contributed by atoms with Crippen LogP contribution in [0.1, 0.15) is 10.4 Å². The average molecular weight is 414 g/mol. The van der Waals surface area contributed by atoms with Crippen LogP contribution >= 0.6 is 11.3 Å². The van der Waals surface area contributed by atoms with Gasteiger partial charge >= 0.3 is 0 Å². The van der Waals surface area contributed by atoms with E-state index in [4.69, 9.17) is 0 Å². The number of amides is 2. The topological polar surface area (TPSA) is 84.0 Å². The van der Waals surface area contributed by atoms with Crippen LogP contribution in [0, 0.1) is 0 Å². The van der Waals surface area contributed by atoms with Crippen molar-refractivity contribution in [2.75, 3.05) is 11.9 Å². The number of carbonyl (C=O) groups excluding carboxylic acids is 2. The fourth-order valence-electron chi connectivity index (χ4n) is 2.85. The molecule has 0 spiro atoms. The fourth-order valence-corrected chi connectivity index (χ4v) is 3.58. The van der Waals surface area contributed by atoms with Gasteiger partial charge in [-0.15, -0.1) is 11.3 Å². The van der Waals surface area contributed by atoms with Crippen molar-refractivity contribution in [2.24, 2.45) is 0 Å². The van der Waals surface area contributed by atoms with Crippen molar-refractivity contribution in [3.63, 3.8) is 0 Å². The van der Waals surface area contributed by atoms with Gasteiger partial charge in [-0.25, -0.2) is 4.98 Å². The van der Waals surface area contributed by atoms with Gasteiger partial charge in [-0.1, -0.05) is 42.5 Å². The standard InChI is InChI=1S/C23H18N4O2S/c28-21(27-23-26-20(15-30-23)19-7-4-12-24-13-19)14-25-22(29)18-10-8-17(9-11-18)16-5-2-1-3-6-16/h1-13,15H,14H2,(H,25,29)(H,26,27,28). The van der Waals surface area contributed by atoms with Crippen LogP contribution in [0.3, 0.4) is 0 Å². The Balaban J connectivity index is 1.31. The highest BCUT2D eigenvalue weighted by Crippen LogP contribution is 2.24. The van der Waals surface area contributed by atoms with Crippen molar-refractivity contribution in [1.29, 1.82) is 0 Å². The van der Waals surface area contributed by atoms with Crippen LogP contribution in [-0.4, -0.2) is 28.3 Å². The summed E-state index contributed by atoms with van der Waals surface area (Å²) >= 11 is 1.32. The van der Waals surface area contributed by atoms with E-state index in [0.717, 1.165) is 22.4 Å². The third kappa shape index (κ3) is 4.76. The van der Waals surface area contributed by atoms with Gasteiger partial charge in [0.05, 0.1) is 12.2 Å². The van der Waals surface area contributed by atoms with Gasteiger partial charge < -0.3 is 10.6 Å². The van der Waals surface area contributed by atoms with Gasteiger partial charge in [-0.3, -0.25) is 14.6 Å². The molecule has 4 aromatic rings. The number of pyridine rings is 1. The van der Waals surface area contributed by atoms with Crippen molar-refractivity contribution < 1.29 is 9.59 Å². The number of hydrogen-bond donors (Lipinski definition) is 2. The summed E-state index contributed by atoms with van der Waals surface area (Å²) < 4.78 is 0. The summed E-state index contributed by atoms with van der Waals surface area (Å²) in [6.07, 6.45) is 3.40. The molecule has 0 bridgehead atoms. The Morgan fingerprint density at radius 3 is 2.33 bits per heavy atom. The zero-order chi connectivity index (χ0) is 20.8. The maximum Gasteiger partial charge on any atom is 0.251 e. The molecule has 4 rings (SSSR count). The molecule has 7 heteroatoms. The average Bonchev–Trinajstić information content (AvgIpc) is 3.27. The molecule has 0 aliphatic rings. The Bertz CT molecular complexity index is 1140. The van der Waals surface area contributed by atoms with Gasteiger partial charge in [0.15, 0.2) is 5.13 Å². The minimum Gasteiger partial charge on any atom is -0.343 e. The summed E-state index contributed by atoms with van der Waals surface area (Å²) in [5, 5.41) is 7.65. The zero-order valence-electron chi connectivity index (χ0n) is 15.9. The number of rotatable bonds is 6. The maximum atomic E-state index is 12.3. The zero-order valence-corrected chi connectivity index (χ0v) is 16.7. The molecule has 0 fully saturated rings. The van der Waals surface area contributed by atoms with Crippen LogP contribution in [0.2, 0.25) is 0 Å². The van der Waals surface area contributed by atoms with Crippen molar-refractivity contribution in [2.45, 2.75) is 0 Å². The third-order valence-electron chi connectivity index (χ3n) is 4.37. The molecule has 0 saturated carbocycles. The molecule has 0 aliphatic carbocycles. The van der Waals surface area contributed by atoms with E-state index in [1.54, 1.807) is 24.5 Å². The van der Waals surface area contributed by atoms with Gasteiger partial charge in [-0.2, -0.15) is 0 Å². The molecular formula is C23H18N4O2S. The number of aromatic nitrogens is 2. The van der Waals surface area contributed by atoms with Gasteiger partial charge in [0.25, 0.3) is 5.91 Å². The molecule has 0 saturated heterocycles. The number of anilines is 1. The molecule has 2 N–H and O–H groups in total. The number of carbonyl (C=O) groups is 2. The lowest BCUT2D eigenvalue weighted by atomic mass is 10.0. The van der Waals surface area contributed by atoms with Crippen LogP contribution in [0.5, 0.6) is 0 Å². The Morgan fingerprint density at radius 1 is 0.867 bits per heavy atom.